The van der Waals surface area contributed by atoms with E-state index in [-0.39, 0.29) is 6.42 Å². The van der Waals surface area contributed by atoms with E-state index < -0.39 is 5.97 Å². The van der Waals surface area contributed by atoms with Gasteiger partial charge < -0.3 is 19.5 Å². The van der Waals surface area contributed by atoms with Gasteiger partial charge in [-0.05, 0) is 18.6 Å². The summed E-state index contributed by atoms with van der Waals surface area (Å²) in [5.74, 6) is 0.527. The van der Waals surface area contributed by atoms with Gasteiger partial charge in [-0.3, -0.25) is 4.79 Å². The summed E-state index contributed by atoms with van der Waals surface area (Å²) in [6.07, 6.45) is 1.07. The number of rotatable bonds is 8. The Hall–Kier alpha value is -1.91. The van der Waals surface area contributed by atoms with Gasteiger partial charge in [-0.25, -0.2) is 0 Å². The van der Waals surface area contributed by atoms with Crippen molar-refractivity contribution in [2.45, 2.75) is 19.8 Å². The maximum Gasteiger partial charge on any atom is 0.305 e. The highest BCUT2D eigenvalue weighted by Crippen LogP contribution is 2.31. The van der Waals surface area contributed by atoms with Crippen LogP contribution in [0.1, 0.15) is 19.8 Å². The minimum atomic E-state index is -0.790. The fourth-order valence-electron chi connectivity index (χ4n) is 1.89. The molecule has 0 aliphatic heterocycles. The first-order chi connectivity index (χ1) is 9.12. The first-order valence-electron chi connectivity index (χ1n) is 6.31. The van der Waals surface area contributed by atoms with Gasteiger partial charge >= 0.3 is 5.97 Å². The van der Waals surface area contributed by atoms with Crippen molar-refractivity contribution in [2.75, 3.05) is 32.2 Å². The van der Waals surface area contributed by atoms with Gasteiger partial charge in [-0.1, -0.05) is 6.92 Å². The number of carboxylic acid groups (broad SMARTS) is 1. The number of aliphatic carboxylic acids is 1. The summed E-state index contributed by atoms with van der Waals surface area (Å²) in [5.41, 5.74) is 0.945. The Kier molecular flexibility index (Phi) is 5.99. The van der Waals surface area contributed by atoms with Crippen molar-refractivity contribution in [2.24, 2.45) is 0 Å². The first kappa shape index (κ1) is 15.1. The maximum absolute atomic E-state index is 10.7. The number of hydrogen-bond acceptors (Lipinski definition) is 4. The average Bonchev–Trinajstić information content (AvgIpc) is 2.42. The number of carboxylic acids is 1. The second kappa shape index (κ2) is 7.51. The summed E-state index contributed by atoms with van der Waals surface area (Å²) in [6.45, 7) is 3.36. The number of methoxy groups -OCH3 is 2. The Balaban J connectivity index is 2.91. The number of ether oxygens (including phenoxy) is 2. The number of anilines is 1. The monoisotopic (exact) mass is 267 g/mol. The van der Waals surface area contributed by atoms with E-state index in [0.717, 1.165) is 18.7 Å². The van der Waals surface area contributed by atoms with Crippen LogP contribution in [-0.2, 0) is 4.79 Å². The zero-order valence-corrected chi connectivity index (χ0v) is 11.7. The van der Waals surface area contributed by atoms with Gasteiger partial charge in [-0.15, -0.1) is 0 Å². The molecular weight excluding hydrogens is 246 g/mol. The predicted molar refractivity (Wildman–Crippen MR) is 74.3 cm³/mol. The summed E-state index contributed by atoms with van der Waals surface area (Å²) in [5, 5.41) is 8.79. The van der Waals surface area contributed by atoms with Crippen LogP contribution in [0.25, 0.3) is 0 Å². The molecule has 0 aliphatic rings. The van der Waals surface area contributed by atoms with E-state index in [4.69, 9.17) is 14.6 Å². The van der Waals surface area contributed by atoms with Crippen molar-refractivity contribution < 1.29 is 19.4 Å². The van der Waals surface area contributed by atoms with Crippen molar-refractivity contribution in [1.82, 2.24) is 0 Å². The molecule has 0 aliphatic carbocycles. The summed E-state index contributed by atoms with van der Waals surface area (Å²) in [6, 6.07) is 5.62. The van der Waals surface area contributed by atoms with Crippen LogP contribution in [0, 0.1) is 0 Å². The van der Waals surface area contributed by atoms with Crippen LogP contribution < -0.4 is 14.4 Å². The van der Waals surface area contributed by atoms with Gasteiger partial charge in [0, 0.05) is 24.8 Å². The zero-order valence-electron chi connectivity index (χ0n) is 11.7. The fraction of sp³-hybridized carbons (Fsp3) is 0.500. The van der Waals surface area contributed by atoms with E-state index >= 15 is 0 Å². The molecule has 0 unspecified atom stereocenters. The highest BCUT2D eigenvalue weighted by Gasteiger charge is 2.11. The molecule has 1 aromatic carbocycles. The van der Waals surface area contributed by atoms with E-state index in [1.54, 1.807) is 14.2 Å². The summed E-state index contributed by atoms with van der Waals surface area (Å²) >= 11 is 0. The lowest BCUT2D eigenvalue weighted by Crippen LogP contribution is -2.26. The van der Waals surface area contributed by atoms with Crippen molar-refractivity contribution in [1.29, 1.82) is 0 Å². The van der Waals surface area contributed by atoms with Crippen LogP contribution in [0.3, 0.4) is 0 Å². The SMILES string of the molecule is CCCN(CCC(=O)O)c1ccc(OC)c(OC)c1. The molecule has 1 N–H and O–H groups in total. The molecular formula is C14H21NO4. The van der Waals surface area contributed by atoms with Crippen LogP contribution >= 0.6 is 0 Å². The Morgan fingerprint density at radius 2 is 1.89 bits per heavy atom. The van der Waals surface area contributed by atoms with Crippen LogP contribution in [-0.4, -0.2) is 38.4 Å². The summed E-state index contributed by atoms with van der Waals surface area (Å²) in [4.78, 5) is 12.7. The van der Waals surface area contributed by atoms with E-state index in [1.807, 2.05) is 23.1 Å². The van der Waals surface area contributed by atoms with Gasteiger partial charge in [0.25, 0.3) is 0 Å². The van der Waals surface area contributed by atoms with Crippen LogP contribution in [0.2, 0.25) is 0 Å². The molecule has 0 spiro atoms. The van der Waals surface area contributed by atoms with Crippen LogP contribution in [0.15, 0.2) is 18.2 Å². The lowest BCUT2D eigenvalue weighted by atomic mass is 10.2. The quantitative estimate of drug-likeness (QED) is 0.783. The molecule has 0 fully saturated rings. The molecule has 19 heavy (non-hydrogen) atoms. The number of hydrogen-bond donors (Lipinski definition) is 1. The standard InChI is InChI=1S/C14H21NO4/c1-4-8-15(9-7-14(16)17)11-5-6-12(18-2)13(10-11)19-3/h5-6,10H,4,7-9H2,1-3H3,(H,16,17). The molecule has 0 saturated carbocycles. The van der Waals surface area contributed by atoms with Gasteiger partial charge in [-0.2, -0.15) is 0 Å². The Bertz CT molecular complexity index is 420. The number of benzene rings is 1. The Morgan fingerprint density at radius 1 is 1.21 bits per heavy atom. The molecule has 0 radical (unpaired) electrons. The Labute approximate surface area is 113 Å². The average molecular weight is 267 g/mol. The van der Waals surface area contributed by atoms with Gasteiger partial charge in [0.15, 0.2) is 11.5 Å². The zero-order chi connectivity index (χ0) is 14.3. The van der Waals surface area contributed by atoms with E-state index in [0.29, 0.717) is 18.0 Å². The minimum absolute atomic E-state index is 0.119. The number of nitrogens with zero attached hydrogens (tertiary/aromatic N) is 1. The molecule has 0 amide bonds. The lowest BCUT2D eigenvalue weighted by Gasteiger charge is -2.24. The smallest absolute Gasteiger partial charge is 0.305 e. The molecule has 0 bridgehead atoms. The van der Waals surface area contributed by atoms with E-state index in [2.05, 4.69) is 6.92 Å². The summed E-state index contributed by atoms with van der Waals surface area (Å²) < 4.78 is 10.5. The topological polar surface area (TPSA) is 59.0 Å². The van der Waals surface area contributed by atoms with Gasteiger partial charge in [0.2, 0.25) is 0 Å². The van der Waals surface area contributed by atoms with E-state index in [9.17, 15) is 4.79 Å². The minimum Gasteiger partial charge on any atom is -0.493 e. The fourth-order valence-corrected chi connectivity index (χ4v) is 1.89. The second-order valence-electron chi connectivity index (χ2n) is 4.17. The van der Waals surface area contributed by atoms with Crippen molar-refractivity contribution in [3.63, 3.8) is 0 Å². The third kappa shape index (κ3) is 4.35. The molecule has 0 heterocycles. The molecule has 1 aromatic rings. The molecule has 0 aromatic heterocycles. The maximum atomic E-state index is 10.7. The molecule has 106 valence electrons. The Morgan fingerprint density at radius 3 is 2.42 bits per heavy atom. The largest absolute Gasteiger partial charge is 0.493 e. The first-order valence-corrected chi connectivity index (χ1v) is 6.31. The third-order valence-corrected chi connectivity index (χ3v) is 2.82. The molecule has 5 heteroatoms. The highest BCUT2D eigenvalue weighted by atomic mass is 16.5. The molecule has 0 atom stereocenters. The third-order valence-electron chi connectivity index (χ3n) is 2.82. The molecule has 1 rings (SSSR count). The lowest BCUT2D eigenvalue weighted by molar-refractivity contribution is -0.136. The summed E-state index contributed by atoms with van der Waals surface area (Å²) in [7, 11) is 3.18. The van der Waals surface area contributed by atoms with Gasteiger partial charge in [0.05, 0.1) is 20.6 Å². The normalized spacial score (nSPS) is 10.1. The van der Waals surface area contributed by atoms with Crippen molar-refractivity contribution in [3.8, 4) is 11.5 Å². The van der Waals surface area contributed by atoms with E-state index in [1.165, 1.54) is 0 Å². The van der Waals surface area contributed by atoms with Crippen molar-refractivity contribution in [3.05, 3.63) is 18.2 Å². The second-order valence-corrected chi connectivity index (χ2v) is 4.17. The van der Waals surface area contributed by atoms with Gasteiger partial charge in [0.1, 0.15) is 0 Å². The molecule has 0 saturated heterocycles. The van der Waals surface area contributed by atoms with Crippen LogP contribution in [0.5, 0.6) is 11.5 Å². The van der Waals surface area contributed by atoms with Crippen LogP contribution in [0.4, 0.5) is 5.69 Å². The highest BCUT2D eigenvalue weighted by molar-refractivity contribution is 5.68. The molecule has 5 nitrogen and oxygen atoms in total. The number of carbonyl (C=O) groups is 1. The van der Waals surface area contributed by atoms with Crippen molar-refractivity contribution >= 4 is 11.7 Å². The predicted octanol–water partition coefficient (Wildman–Crippen LogP) is 2.39.